The highest BCUT2D eigenvalue weighted by atomic mass is 16.3. The highest BCUT2D eigenvalue weighted by Gasteiger charge is 2.18. The lowest BCUT2D eigenvalue weighted by Gasteiger charge is -2.11. The summed E-state index contributed by atoms with van der Waals surface area (Å²) in [4.78, 5) is 15.3. The van der Waals surface area contributed by atoms with E-state index in [9.17, 15) is 0 Å². The van der Waals surface area contributed by atoms with Crippen molar-refractivity contribution in [3.8, 4) is 56.4 Å². The summed E-state index contributed by atoms with van der Waals surface area (Å²) in [6, 6.07) is 56.4. The third-order valence-electron chi connectivity index (χ3n) is 8.71. The molecule has 47 heavy (non-hydrogen) atoms. The third kappa shape index (κ3) is 4.93. The molecule has 9 aromatic rings. The third-order valence-corrected chi connectivity index (χ3v) is 8.71. The summed E-state index contributed by atoms with van der Waals surface area (Å²) in [5.74, 6) is 1.84. The van der Waals surface area contributed by atoms with Crippen LogP contribution in [-0.2, 0) is 0 Å². The van der Waals surface area contributed by atoms with Gasteiger partial charge in [0.15, 0.2) is 17.5 Å². The van der Waals surface area contributed by atoms with Gasteiger partial charge in [-0.05, 0) is 63.4 Å². The van der Waals surface area contributed by atoms with Gasteiger partial charge in [-0.15, -0.1) is 0 Å². The standard InChI is InChI=1S/C43H27N3O/c1-2-11-28(12-3-1)31-15-8-16-32(25-31)33-17-9-18-34(27-33)41-44-42(35-24-23-29-13-4-5-14-30(29)26-35)46-43(45-41)37-20-10-22-39-40(37)36-19-6-7-21-38(36)47-39/h1-27H. The second kappa shape index (κ2) is 11.2. The van der Waals surface area contributed by atoms with Crippen LogP contribution in [0.1, 0.15) is 0 Å². The number of fused-ring (bicyclic) bond motifs is 4. The minimum absolute atomic E-state index is 0.604. The highest BCUT2D eigenvalue weighted by molar-refractivity contribution is 6.11. The molecule has 0 saturated heterocycles. The molecule has 0 N–H and O–H groups in total. The maximum Gasteiger partial charge on any atom is 0.164 e. The Hall–Kier alpha value is -6.39. The zero-order chi connectivity index (χ0) is 31.2. The smallest absolute Gasteiger partial charge is 0.164 e. The average molecular weight is 602 g/mol. The Balaban J connectivity index is 1.23. The van der Waals surface area contributed by atoms with Crippen molar-refractivity contribution in [1.82, 2.24) is 15.0 Å². The zero-order valence-electron chi connectivity index (χ0n) is 25.3. The van der Waals surface area contributed by atoms with Crippen LogP contribution in [0.25, 0.3) is 89.1 Å². The van der Waals surface area contributed by atoms with E-state index in [0.717, 1.165) is 55.1 Å². The van der Waals surface area contributed by atoms with Crippen molar-refractivity contribution in [2.75, 3.05) is 0 Å². The molecule has 0 amide bonds. The molecule has 0 aliphatic rings. The van der Waals surface area contributed by atoms with Gasteiger partial charge in [0.1, 0.15) is 11.2 Å². The van der Waals surface area contributed by atoms with Gasteiger partial charge >= 0.3 is 0 Å². The molecule has 7 aromatic carbocycles. The van der Waals surface area contributed by atoms with Crippen molar-refractivity contribution < 1.29 is 4.42 Å². The number of furan rings is 1. The van der Waals surface area contributed by atoms with Crippen molar-refractivity contribution in [1.29, 1.82) is 0 Å². The number of rotatable bonds is 5. The molecule has 0 radical (unpaired) electrons. The van der Waals surface area contributed by atoms with Crippen LogP contribution in [0.4, 0.5) is 0 Å². The maximum absolute atomic E-state index is 6.23. The first-order valence-electron chi connectivity index (χ1n) is 15.7. The number of hydrogen-bond acceptors (Lipinski definition) is 4. The highest BCUT2D eigenvalue weighted by Crippen LogP contribution is 2.37. The first-order valence-corrected chi connectivity index (χ1v) is 15.7. The topological polar surface area (TPSA) is 51.8 Å². The fourth-order valence-corrected chi connectivity index (χ4v) is 6.39. The largest absolute Gasteiger partial charge is 0.456 e. The number of aromatic nitrogens is 3. The molecule has 0 spiro atoms. The second-order valence-electron chi connectivity index (χ2n) is 11.7. The van der Waals surface area contributed by atoms with Gasteiger partial charge in [-0.2, -0.15) is 0 Å². The van der Waals surface area contributed by atoms with E-state index < -0.39 is 0 Å². The Labute approximate surface area is 271 Å². The monoisotopic (exact) mass is 601 g/mol. The number of benzene rings is 7. The van der Waals surface area contributed by atoms with Crippen molar-refractivity contribution in [3.63, 3.8) is 0 Å². The summed E-state index contributed by atoms with van der Waals surface area (Å²) in [6.45, 7) is 0. The van der Waals surface area contributed by atoms with Gasteiger partial charge in [0.25, 0.3) is 0 Å². The Bertz CT molecular complexity index is 2590. The van der Waals surface area contributed by atoms with Crippen LogP contribution >= 0.6 is 0 Å². The van der Waals surface area contributed by atoms with Gasteiger partial charge in [0.05, 0.1) is 0 Å². The summed E-state index contributed by atoms with van der Waals surface area (Å²) in [5, 5.41) is 4.34. The van der Waals surface area contributed by atoms with Gasteiger partial charge in [-0.25, -0.2) is 15.0 Å². The van der Waals surface area contributed by atoms with Crippen LogP contribution in [0, 0.1) is 0 Å². The van der Waals surface area contributed by atoms with Gasteiger partial charge in [-0.3, -0.25) is 0 Å². The van der Waals surface area contributed by atoms with Crippen LogP contribution in [0.15, 0.2) is 168 Å². The van der Waals surface area contributed by atoms with E-state index >= 15 is 0 Å². The second-order valence-corrected chi connectivity index (χ2v) is 11.7. The van der Waals surface area contributed by atoms with Gasteiger partial charge in [0.2, 0.25) is 0 Å². The molecule has 0 bridgehead atoms. The Morgan fingerprint density at radius 3 is 1.70 bits per heavy atom. The molecular weight excluding hydrogens is 574 g/mol. The van der Waals surface area contributed by atoms with Crippen LogP contribution in [-0.4, -0.2) is 15.0 Å². The van der Waals surface area contributed by atoms with Crippen molar-refractivity contribution in [3.05, 3.63) is 164 Å². The van der Waals surface area contributed by atoms with Gasteiger partial charge < -0.3 is 4.42 Å². The predicted molar refractivity (Wildman–Crippen MR) is 192 cm³/mol. The molecule has 4 nitrogen and oxygen atoms in total. The lowest BCUT2D eigenvalue weighted by atomic mass is 9.98. The van der Waals surface area contributed by atoms with E-state index in [-0.39, 0.29) is 0 Å². The molecule has 9 rings (SSSR count). The quantitative estimate of drug-likeness (QED) is 0.197. The van der Waals surface area contributed by atoms with Crippen molar-refractivity contribution in [2.24, 2.45) is 0 Å². The SMILES string of the molecule is c1ccc(-c2cccc(-c3cccc(-c4nc(-c5ccc6ccccc6c5)nc(-c5cccc6oc7ccccc7c56)n4)c3)c2)cc1. The summed E-state index contributed by atoms with van der Waals surface area (Å²) < 4.78 is 6.23. The molecular formula is C43H27N3O. The molecule has 0 unspecified atom stereocenters. The first kappa shape index (κ1) is 27.0. The fourth-order valence-electron chi connectivity index (χ4n) is 6.39. The molecule has 0 fully saturated rings. The van der Waals surface area contributed by atoms with Crippen LogP contribution in [0.5, 0.6) is 0 Å². The Kier molecular flexibility index (Phi) is 6.43. The van der Waals surface area contributed by atoms with Crippen molar-refractivity contribution in [2.45, 2.75) is 0 Å². The molecule has 4 heteroatoms. The van der Waals surface area contributed by atoms with E-state index in [4.69, 9.17) is 19.4 Å². The average Bonchev–Trinajstić information content (AvgIpc) is 3.54. The summed E-state index contributed by atoms with van der Waals surface area (Å²) in [7, 11) is 0. The molecule has 220 valence electrons. The van der Waals surface area contributed by atoms with E-state index in [1.54, 1.807) is 0 Å². The number of para-hydroxylation sites is 1. The van der Waals surface area contributed by atoms with Gasteiger partial charge in [-0.1, -0.05) is 133 Å². The Morgan fingerprint density at radius 1 is 0.340 bits per heavy atom. The summed E-state index contributed by atoms with van der Waals surface area (Å²) in [6.07, 6.45) is 0. The van der Waals surface area contributed by atoms with Crippen LogP contribution in [0.3, 0.4) is 0 Å². The number of hydrogen-bond donors (Lipinski definition) is 0. The molecule has 0 atom stereocenters. The summed E-state index contributed by atoms with van der Waals surface area (Å²) >= 11 is 0. The maximum atomic E-state index is 6.23. The molecule has 2 heterocycles. The summed E-state index contributed by atoms with van der Waals surface area (Å²) in [5.41, 5.74) is 8.99. The van der Waals surface area contributed by atoms with Crippen LogP contribution < -0.4 is 0 Å². The minimum atomic E-state index is 0.604. The molecule has 0 aliphatic heterocycles. The minimum Gasteiger partial charge on any atom is -0.456 e. The number of nitrogens with zero attached hydrogens (tertiary/aromatic N) is 3. The lowest BCUT2D eigenvalue weighted by Crippen LogP contribution is -2.00. The Morgan fingerprint density at radius 2 is 0.894 bits per heavy atom. The first-order chi connectivity index (χ1) is 23.3. The molecule has 2 aromatic heterocycles. The molecule has 0 saturated carbocycles. The van der Waals surface area contributed by atoms with E-state index in [1.807, 2.05) is 36.4 Å². The molecule has 0 aliphatic carbocycles. The zero-order valence-corrected chi connectivity index (χ0v) is 25.3. The lowest BCUT2D eigenvalue weighted by molar-refractivity contribution is 0.669. The van der Waals surface area contributed by atoms with Crippen molar-refractivity contribution >= 4 is 32.7 Å². The predicted octanol–water partition coefficient (Wildman–Crippen LogP) is 11.3. The fraction of sp³-hybridized carbons (Fsp3) is 0. The van der Waals surface area contributed by atoms with E-state index in [1.165, 1.54) is 16.5 Å². The van der Waals surface area contributed by atoms with E-state index in [0.29, 0.717) is 17.5 Å². The van der Waals surface area contributed by atoms with E-state index in [2.05, 4.69) is 127 Å². The van der Waals surface area contributed by atoms with Crippen LogP contribution in [0.2, 0.25) is 0 Å². The van der Waals surface area contributed by atoms with Gasteiger partial charge in [0, 0.05) is 27.5 Å². The normalized spacial score (nSPS) is 11.4.